The van der Waals surface area contributed by atoms with Crippen LogP contribution in [-0.4, -0.2) is 34.8 Å². The molecule has 1 saturated heterocycles. The normalized spacial score (nSPS) is 40.4. The fourth-order valence-electron chi connectivity index (χ4n) is 3.40. The molecule has 2 unspecified atom stereocenters. The van der Waals surface area contributed by atoms with Gasteiger partial charge in [-0.3, -0.25) is 9.59 Å². The molecule has 4 nitrogen and oxygen atoms in total. The highest BCUT2D eigenvalue weighted by Gasteiger charge is 2.49. The Morgan fingerprint density at radius 3 is 2.44 bits per heavy atom. The first-order valence-corrected chi connectivity index (χ1v) is 7.24. The SMILES string of the molecule is CCC1C(=O)NC(C2CC2)C(=O)N1C1CC(C)C1. The maximum absolute atomic E-state index is 12.6. The summed E-state index contributed by atoms with van der Waals surface area (Å²) in [6.45, 7) is 4.20. The van der Waals surface area contributed by atoms with Gasteiger partial charge >= 0.3 is 0 Å². The Labute approximate surface area is 108 Å². The highest BCUT2D eigenvalue weighted by Crippen LogP contribution is 2.39. The summed E-state index contributed by atoms with van der Waals surface area (Å²) < 4.78 is 0. The average molecular weight is 250 g/mol. The summed E-state index contributed by atoms with van der Waals surface area (Å²) in [6, 6.07) is -0.147. The molecule has 18 heavy (non-hydrogen) atoms. The molecule has 0 aromatic carbocycles. The number of nitrogens with one attached hydrogen (secondary N) is 1. The number of carbonyl (C=O) groups excluding carboxylic acids is 2. The van der Waals surface area contributed by atoms with Crippen LogP contribution in [0.15, 0.2) is 0 Å². The largest absolute Gasteiger partial charge is 0.342 e. The second-order valence-corrected chi connectivity index (χ2v) is 6.22. The van der Waals surface area contributed by atoms with E-state index < -0.39 is 0 Å². The van der Waals surface area contributed by atoms with Gasteiger partial charge in [-0.15, -0.1) is 0 Å². The van der Waals surface area contributed by atoms with Crippen molar-refractivity contribution in [3.63, 3.8) is 0 Å². The maximum atomic E-state index is 12.6. The summed E-state index contributed by atoms with van der Waals surface area (Å²) in [5, 5.41) is 2.94. The van der Waals surface area contributed by atoms with E-state index >= 15 is 0 Å². The van der Waals surface area contributed by atoms with Gasteiger partial charge in [0.1, 0.15) is 12.1 Å². The van der Waals surface area contributed by atoms with Crippen LogP contribution >= 0.6 is 0 Å². The first-order chi connectivity index (χ1) is 8.61. The summed E-state index contributed by atoms with van der Waals surface area (Å²) >= 11 is 0. The van der Waals surface area contributed by atoms with Gasteiger partial charge in [0.25, 0.3) is 0 Å². The van der Waals surface area contributed by atoms with Gasteiger partial charge < -0.3 is 10.2 Å². The van der Waals surface area contributed by atoms with Crippen LogP contribution < -0.4 is 5.32 Å². The molecule has 1 aliphatic heterocycles. The van der Waals surface area contributed by atoms with Crippen LogP contribution in [-0.2, 0) is 9.59 Å². The first-order valence-electron chi connectivity index (χ1n) is 7.24. The molecule has 3 aliphatic rings. The molecular weight excluding hydrogens is 228 g/mol. The molecule has 4 heteroatoms. The number of piperazine rings is 1. The topological polar surface area (TPSA) is 49.4 Å². The lowest BCUT2D eigenvalue weighted by Crippen LogP contribution is -2.67. The molecule has 100 valence electrons. The molecule has 2 aliphatic carbocycles. The number of hydrogen-bond acceptors (Lipinski definition) is 2. The zero-order valence-corrected chi connectivity index (χ0v) is 11.2. The Morgan fingerprint density at radius 1 is 1.28 bits per heavy atom. The molecule has 0 spiro atoms. The summed E-state index contributed by atoms with van der Waals surface area (Å²) in [5.74, 6) is 1.35. The van der Waals surface area contributed by atoms with Crippen molar-refractivity contribution in [3.05, 3.63) is 0 Å². The molecule has 3 rings (SSSR count). The molecule has 2 atom stereocenters. The predicted octanol–water partition coefficient (Wildman–Crippen LogP) is 1.30. The minimum atomic E-state index is -0.231. The van der Waals surface area contributed by atoms with E-state index in [0.717, 1.165) is 32.1 Å². The van der Waals surface area contributed by atoms with Gasteiger partial charge in [0.05, 0.1) is 0 Å². The van der Waals surface area contributed by atoms with Gasteiger partial charge in [0, 0.05) is 6.04 Å². The Hall–Kier alpha value is -1.06. The molecule has 1 heterocycles. The number of carbonyl (C=O) groups is 2. The van der Waals surface area contributed by atoms with Gasteiger partial charge in [0.15, 0.2) is 0 Å². The highest BCUT2D eigenvalue weighted by molar-refractivity contribution is 5.97. The Bertz CT molecular complexity index is 372. The zero-order chi connectivity index (χ0) is 12.9. The quantitative estimate of drug-likeness (QED) is 0.821. The predicted molar refractivity (Wildman–Crippen MR) is 67.8 cm³/mol. The van der Waals surface area contributed by atoms with Gasteiger partial charge in [-0.2, -0.15) is 0 Å². The van der Waals surface area contributed by atoms with E-state index in [0.29, 0.717) is 17.9 Å². The van der Waals surface area contributed by atoms with Crippen LogP contribution in [0.25, 0.3) is 0 Å². The van der Waals surface area contributed by atoms with Crippen LogP contribution in [0, 0.1) is 11.8 Å². The lowest BCUT2D eigenvalue weighted by molar-refractivity contribution is -0.156. The number of rotatable bonds is 3. The third kappa shape index (κ3) is 1.82. The summed E-state index contributed by atoms with van der Waals surface area (Å²) in [7, 11) is 0. The number of amides is 2. The van der Waals surface area contributed by atoms with Crippen molar-refractivity contribution < 1.29 is 9.59 Å². The zero-order valence-electron chi connectivity index (χ0n) is 11.2. The molecule has 3 fully saturated rings. The molecule has 0 radical (unpaired) electrons. The second-order valence-electron chi connectivity index (χ2n) is 6.22. The lowest BCUT2D eigenvalue weighted by atomic mass is 9.79. The molecule has 2 saturated carbocycles. The van der Waals surface area contributed by atoms with Crippen molar-refractivity contribution in [1.29, 1.82) is 0 Å². The summed E-state index contributed by atoms with van der Waals surface area (Å²) in [4.78, 5) is 26.6. The molecular formula is C14H22N2O2. The van der Waals surface area contributed by atoms with Crippen molar-refractivity contribution in [1.82, 2.24) is 10.2 Å². The average Bonchev–Trinajstić information content (AvgIpc) is 3.11. The standard InChI is InChI=1S/C14H22N2O2/c1-3-11-13(17)15-12(9-4-5-9)14(18)16(11)10-6-8(2)7-10/h8-12H,3-7H2,1-2H3,(H,15,17). The van der Waals surface area contributed by atoms with Gasteiger partial charge in [0.2, 0.25) is 11.8 Å². The van der Waals surface area contributed by atoms with Crippen molar-refractivity contribution in [2.45, 2.75) is 64.1 Å². The Morgan fingerprint density at radius 2 is 1.94 bits per heavy atom. The molecule has 2 amide bonds. The smallest absolute Gasteiger partial charge is 0.246 e. The summed E-state index contributed by atoms with van der Waals surface area (Å²) in [6.07, 6.45) is 5.02. The van der Waals surface area contributed by atoms with Gasteiger partial charge in [-0.25, -0.2) is 0 Å². The molecule has 1 N–H and O–H groups in total. The molecule has 0 bridgehead atoms. The Balaban J connectivity index is 1.80. The maximum Gasteiger partial charge on any atom is 0.246 e. The van der Waals surface area contributed by atoms with E-state index in [9.17, 15) is 9.59 Å². The van der Waals surface area contributed by atoms with E-state index in [1.807, 2.05) is 11.8 Å². The fraction of sp³-hybridized carbons (Fsp3) is 0.857. The van der Waals surface area contributed by atoms with Crippen LogP contribution in [0.2, 0.25) is 0 Å². The van der Waals surface area contributed by atoms with Gasteiger partial charge in [-0.1, -0.05) is 13.8 Å². The van der Waals surface area contributed by atoms with E-state index in [4.69, 9.17) is 0 Å². The highest BCUT2D eigenvalue weighted by atomic mass is 16.2. The van der Waals surface area contributed by atoms with Gasteiger partial charge in [-0.05, 0) is 43.9 Å². The van der Waals surface area contributed by atoms with Crippen molar-refractivity contribution >= 4 is 11.8 Å². The second kappa shape index (κ2) is 4.25. The fourth-order valence-corrected chi connectivity index (χ4v) is 3.40. The van der Waals surface area contributed by atoms with Crippen molar-refractivity contribution in [3.8, 4) is 0 Å². The van der Waals surface area contributed by atoms with E-state index in [-0.39, 0.29) is 23.9 Å². The van der Waals surface area contributed by atoms with Crippen LogP contribution in [0.3, 0.4) is 0 Å². The number of nitrogens with zero attached hydrogens (tertiary/aromatic N) is 1. The third-order valence-electron chi connectivity index (χ3n) is 4.68. The van der Waals surface area contributed by atoms with Crippen molar-refractivity contribution in [2.24, 2.45) is 11.8 Å². The van der Waals surface area contributed by atoms with E-state index in [1.165, 1.54) is 0 Å². The lowest BCUT2D eigenvalue weighted by Gasteiger charge is -2.48. The molecule has 0 aromatic rings. The first kappa shape index (κ1) is 12.0. The minimum absolute atomic E-state index is 0.0635. The third-order valence-corrected chi connectivity index (χ3v) is 4.68. The Kier molecular flexibility index (Phi) is 2.83. The molecule has 0 aromatic heterocycles. The monoisotopic (exact) mass is 250 g/mol. The van der Waals surface area contributed by atoms with Crippen molar-refractivity contribution in [2.75, 3.05) is 0 Å². The number of hydrogen-bond donors (Lipinski definition) is 1. The van der Waals surface area contributed by atoms with Crippen LogP contribution in [0.1, 0.15) is 46.0 Å². The van der Waals surface area contributed by atoms with E-state index in [2.05, 4.69) is 12.2 Å². The minimum Gasteiger partial charge on any atom is -0.342 e. The van der Waals surface area contributed by atoms with Crippen LogP contribution in [0.5, 0.6) is 0 Å². The summed E-state index contributed by atoms with van der Waals surface area (Å²) in [5.41, 5.74) is 0. The van der Waals surface area contributed by atoms with E-state index in [1.54, 1.807) is 0 Å². The van der Waals surface area contributed by atoms with Crippen LogP contribution in [0.4, 0.5) is 0 Å².